The Morgan fingerprint density at radius 2 is 1.91 bits per heavy atom. The molecule has 0 aromatic rings. The van der Waals surface area contributed by atoms with Crippen molar-refractivity contribution in [2.24, 2.45) is 5.92 Å². The van der Waals surface area contributed by atoms with Crippen LogP contribution in [-0.4, -0.2) is 16.1 Å². The van der Waals surface area contributed by atoms with Gasteiger partial charge in [-0.05, 0) is 23.2 Å². The first-order valence-electron chi connectivity index (χ1n) is 4.48. The highest BCUT2D eigenvalue weighted by Crippen LogP contribution is 2.13. The molecule has 0 aliphatic carbocycles. The van der Waals surface area contributed by atoms with Crippen molar-refractivity contribution < 1.29 is 5.11 Å². The van der Waals surface area contributed by atoms with Crippen molar-refractivity contribution >= 4 is 22.6 Å². The summed E-state index contributed by atoms with van der Waals surface area (Å²) in [6.45, 7) is 2.68. The molecule has 0 saturated carbocycles. The van der Waals surface area contributed by atoms with Gasteiger partial charge in [-0.1, -0.05) is 48.8 Å². The first-order valence-corrected chi connectivity index (χ1v) is 6.00. The van der Waals surface area contributed by atoms with Gasteiger partial charge >= 0.3 is 0 Å². The highest BCUT2D eigenvalue weighted by Gasteiger charge is 1.99. The van der Waals surface area contributed by atoms with Gasteiger partial charge in [0.1, 0.15) is 0 Å². The molecule has 0 aromatic heterocycles. The minimum Gasteiger partial charge on any atom is -0.396 e. The zero-order valence-electron chi connectivity index (χ0n) is 7.35. The van der Waals surface area contributed by atoms with Gasteiger partial charge in [-0.3, -0.25) is 0 Å². The van der Waals surface area contributed by atoms with Crippen molar-refractivity contribution in [3.63, 3.8) is 0 Å². The minimum atomic E-state index is 0.362. The fraction of sp³-hybridized carbons (Fsp3) is 1.00. The average molecular weight is 270 g/mol. The number of halogens is 1. The number of hydrogen-bond acceptors (Lipinski definition) is 1. The van der Waals surface area contributed by atoms with E-state index in [1.807, 2.05) is 0 Å². The van der Waals surface area contributed by atoms with Crippen LogP contribution >= 0.6 is 22.6 Å². The van der Waals surface area contributed by atoms with Crippen molar-refractivity contribution in [2.75, 3.05) is 11.0 Å². The largest absolute Gasteiger partial charge is 0.396 e. The molecule has 0 unspecified atom stereocenters. The van der Waals surface area contributed by atoms with E-state index in [1.165, 1.54) is 30.1 Å². The predicted molar refractivity (Wildman–Crippen MR) is 58.2 cm³/mol. The second-order valence-corrected chi connectivity index (χ2v) is 4.23. The Balaban J connectivity index is 2.97. The van der Waals surface area contributed by atoms with Crippen LogP contribution in [0.15, 0.2) is 0 Å². The molecule has 1 nitrogen and oxygen atoms in total. The standard InChI is InChI=1S/C9H19IO/c1-9(6-7-10)5-3-2-4-8-11/h9,11H,2-8H2,1H3/t9-/m0/s1. The number of alkyl halides is 1. The van der Waals surface area contributed by atoms with E-state index in [1.54, 1.807) is 0 Å². The highest BCUT2D eigenvalue weighted by molar-refractivity contribution is 14.1. The lowest BCUT2D eigenvalue weighted by atomic mass is 10.0. The van der Waals surface area contributed by atoms with E-state index < -0.39 is 0 Å². The third-order valence-electron chi connectivity index (χ3n) is 1.96. The Morgan fingerprint density at radius 3 is 2.45 bits per heavy atom. The van der Waals surface area contributed by atoms with E-state index >= 15 is 0 Å². The predicted octanol–water partition coefficient (Wildman–Crippen LogP) is 3.00. The molecule has 0 rings (SSSR count). The summed E-state index contributed by atoms with van der Waals surface area (Å²) in [7, 11) is 0. The molecule has 0 aromatic carbocycles. The van der Waals surface area contributed by atoms with Crippen LogP contribution in [0.1, 0.15) is 39.0 Å². The topological polar surface area (TPSA) is 20.2 Å². The molecule has 68 valence electrons. The Kier molecular flexibility index (Phi) is 9.33. The minimum absolute atomic E-state index is 0.362. The van der Waals surface area contributed by atoms with Crippen LogP contribution in [0.2, 0.25) is 0 Å². The molecule has 0 fully saturated rings. The van der Waals surface area contributed by atoms with Gasteiger partial charge in [-0.15, -0.1) is 0 Å². The van der Waals surface area contributed by atoms with Gasteiger partial charge in [0.25, 0.3) is 0 Å². The second kappa shape index (κ2) is 8.78. The molecule has 0 amide bonds. The molecular weight excluding hydrogens is 251 g/mol. The summed E-state index contributed by atoms with van der Waals surface area (Å²) >= 11 is 2.43. The average Bonchev–Trinajstić information content (AvgIpc) is 1.99. The molecule has 11 heavy (non-hydrogen) atoms. The van der Waals surface area contributed by atoms with Gasteiger partial charge in [0.2, 0.25) is 0 Å². The van der Waals surface area contributed by atoms with E-state index in [9.17, 15) is 0 Å². The van der Waals surface area contributed by atoms with E-state index in [4.69, 9.17) is 5.11 Å². The molecule has 0 spiro atoms. The van der Waals surface area contributed by atoms with Gasteiger partial charge in [0.15, 0.2) is 0 Å². The Morgan fingerprint density at radius 1 is 1.18 bits per heavy atom. The van der Waals surface area contributed by atoms with E-state index in [2.05, 4.69) is 29.5 Å². The van der Waals surface area contributed by atoms with Crippen LogP contribution < -0.4 is 0 Å². The summed E-state index contributed by atoms with van der Waals surface area (Å²) in [5.41, 5.74) is 0. The van der Waals surface area contributed by atoms with Crippen LogP contribution in [0.25, 0.3) is 0 Å². The first-order chi connectivity index (χ1) is 5.31. The van der Waals surface area contributed by atoms with Gasteiger partial charge in [0, 0.05) is 6.61 Å². The second-order valence-electron chi connectivity index (χ2n) is 3.16. The molecule has 1 atom stereocenters. The van der Waals surface area contributed by atoms with Crippen molar-refractivity contribution in [2.45, 2.75) is 39.0 Å². The fourth-order valence-corrected chi connectivity index (χ4v) is 2.18. The van der Waals surface area contributed by atoms with Gasteiger partial charge < -0.3 is 5.11 Å². The summed E-state index contributed by atoms with van der Waals surface area (Å²) < 4.78 is 1.28. The smallest absolute Gasteiger partial charge is 0.0431 e. The van der Waals surface area contributed by atoms with Crippen molar-refractivity contribution in [1.82, 2.24) is 0 Å². The Bertz CT molecular complexity index is 76.0. The lowest BCUT2D eigenvalue weighted by Crippen LogP contribution is -1.95. The summed E-state index contributed by atoms with van der Waals surface area (Å²) in [6.07, 6.45) is 6.15. The molecule has 0 saturated heterocycles. The SMILES string of the molecule is C[C@H](CCI)CCCCCO. The van der Waals surface area contributed by atoms with Gasteiger partial charge in [-0.2, -0.15) is 0 Å². The van der Waals surface area contributed by atoms with Crippen LogP contribution in [0.3, 0.4) is 0 Å². The quantitative estimate of drug-likeness (QED) is 0.428. The summed E-state index contributed by atoms with van der Waals surface area (Å²) in [4.78, 5) is 0. The molecule has 0 aliphatic rings. The lowest BCUT2D eigenvalue weighted by molar-refractivity contribution is 0.280. The van der Waals surface area contributed by atoms with Crippen molar-refractivity contribution in [3.8, 4) is 0 Å². The number of aliphatic hydroxyl groups is 1. The summed E-state index contributed by atoms with van der Waals surface area (Å²) in [5, 5.41) is 8.53. The van der Waals surface area contributed by atoms with Crippen LogP contribution in [-0.2, 0) is 0 Å². The zero-order chi connectivity index (χ0) is 8.53. The highest BCUT2D eigenvalue weighted by atomic mass is 127. The normalized spacial score (nSPS) is 13.4. The number of aliphatic hydroxyl groups excluding tert-OH is 1. The third-order valence-corrected chi connectivity index (χ3v) is 2.58. The molecular formula is C9H19IO. The maximum absolute atomic E-state index is 8.53. The Labute approximate surface area is 83.7 Å². The maximum Gasteiger partial charge on any atom is 0.0431 e. The van der Waals surface area contributed by atoms with E-state index in [0.29, 0.717) is 6.61 Å². The van der Waals surface area contributed by atoms with E-state index in [0.717, 1.165) is 12.3 Å². The molecule has 0 bridgehead atoms. The summed E-state index contributed by atoms with van der Waals surface area (Å²) in [5.74, 6) is 0.880. The van der Waals surface area contributed by atoms with Crippen LogP contribution in [0.5, 0.6) is 0 Å². The van der Waals surface area contributed by atoms with Crippen LogP contribution in [0.4, 0.5) is 0 Å². The van der Waals surface area contributed by atoms with Gasteiger partial charge in [0.05, 0.1) is 0 Å². The number of unbranched alkanes of at least 4 members (excludes halogenated alkanes) is 2. The lowest BCUT2D eigenvalue weighted by Gasteiger charge is -2.07. The van der Waals surface area contributed by atoms with Crippen molar-refractivity contribution in [1.29, 1.82) is 0 Å². The maximum atomic E-state index is 8.53. The van der Waals surface area contributed by atoms with Crippen LogP contribution in [0, 0.1) is 5.92 Å². The summed E-state index contributed by atoms with van der Waals surface area (Å²) in [6, 6.07) is 0. The van der Waals surface area contributed by atoms with Gasteiger partial charge in [-0.25, -0.2) is 0 Å². The van der Waals surface area contributed by atoms with E-state index in [-0.39, 0.29) is 0 Å². The third kappa shape index (κ3) is 8.60. The zero-order valence-corrected chi connectivity index (χ0v) is 9.51. The van der Waals surface area contributed by atoms with Crippen molar-refractivity contribution in [3.05, 3.63) is 0 Å². The fourth-order valence-electron chi connectivity index (χ4n) is 1.11. The molecule has 0 heterocycles. The first kappa shape index (κ1) is 11.7. The Hall–Kier alpha value is 0.690. The number of hydrogen-bond donors (Lipinski definition) is 1. The molecule has 1 N–H and O–H groups in total. The molecule has 2 heteroatoms. The monoisotopic (exact) mass is 270 g/mol. The molecule has 0 radical (unpaired) electrons. The number of rotatable bonds is 7. The molecule has 0 aliphatic heterocycles.